The minimum absolute atomic E-state index is 0. The number of hydrogen-bond acceptors (Lipinski definition) is 4. The van der Waals surface area contributed by atoms with Gasteiger partial charge in [-0.05, 0) is 57.7 Å². The first-order chi connectivity index (χ1) is 12.6. The highest BCUT2D eigenvalue weighted by Gasteiger charge is 2.33. The average Bonchev–Trinajstić information content (AvgIpc) is 3.18. The molecule has 2 fully saturated rings. The Hall–Kier alpha value is -1.56. The SMILES string of the molecule is CC(C)OCc1c(C(=O)N2CC[C@@H]3CNC[C@@H]3CC2)oc2ccccc12.Cl. The number of benzene rings is 1. The van der Waals surface area contributed by atoms with Gasteiger partial charge in [0.25, 0.3) is 5.91 Å². The van der Waals surface area contributed by atoms with Crippen molar-refractivity contribution in [1.82, 2.24) is 10.2 Å². The van der Waals surface area contributed by atoms with Gasteiger partial charge in [0.2, 0.25) is 0 Å². The summed E-state index contributed by atoms with van der Waals surface area (Å²) in [6, 6.07) is 7.84. The number of ether oxygens (including phenoxy) is 1. The minimum Gasteiger partial charge on any atom is -0.451 e. The van der Waals surface area contributed by atoms with Crippen LogP contribution < -0.4 is 5.32 Å². The first-order valence-corrected chi connectivity index (χ1v) is 9.75. The fraction of sp³-hybridized carbons (Fsp3) is 0.571. The molecule has 27 heavy (non-hydrogen) atoms. The average molecular weight is 393 g/mol. The molecule has 5 nitrogen and oxygen atoms in total. The van der Waals surface area contributed by atoms with Crippen LogP contribution in [0.1, 0.15) is 42.8 Å². The van der Waals surface area contributed by atoms with E-state index in [-0.39, 0.29) is 24.4 Å². The summed E-state index contributed by atoms with van der Waals surface area (Å²) >= 11 is 0. The molecule has 6 heteroatoms. The fourth-order valence-corrected chi connectivity index (χ4v) is 4.23. The summed E-state index contributed by atoms with van der Waals surface area (Å²) in [5, 5.41) is 4.46. The van der Waals surface area contributed by atoms with E-state index in [1.54, 1.807) is 0 Å². The van der Waals surface area contributed by atoms with Gasteiger partial charge in [0.15, 0.2) is 5.76 Å². The van der Waals surface area contributed by atoms with Crippen molar-refractivity contribution >= 4 is 29.3 Å². The number of nitrogens with one attached hydrogen (secondary N) is 1. The van der Waals surface area contributed by atoms with Crippen molar-refractivity contribution in [3.8, 4) is 0 Å². The largest absolute Gasteiger partial charge is 0.451 e. The van der Waals surface area contributed by atoms with E-state index in [0.29, 0.717) is 24.2 Å². The standard InChI is InChI=1S/C21H28N2O3.ClH/c1-14(2)25-13-18-17-5-3-4-6-19(17)26-20(18)21(24)23-9-7-15-11-22-12-16(15)8-10-23;/h3-6,14-16,22H,7-13H2,1-2H3;1H/t15-,16+;. The summed E-state index contributed by atoms with van der Waals surface area (Å²) in [6.45, 7) is 8.21. The Morgan fingerprint density at radius 2 is 1.89 bits per heavy atom. The third-order valence-electron chi connectivity index (χ3n) is 5.76. The monoisotopic (exact) mass is 392 g/mol. The number of furan rings is 1. The van der Waals surface area contributed by atoms with Gasteiger partial charge in [-0.25, -0.2) is 0 Å². The van der Waals surface area contributed by atoms with Gasteiger partial charge in [0, 0.05) is 24.0 Å². The quantitative estimate of drug-likeness (QED) is 0.858. The molecule has 2 aliphatic rings. The summed E-state index contributed by atoms with van der Waals surface area (Å²) < 4.78 is 11.8. The highest BCUT2D eigenvalue weighted by Crippen LogP contribution is 2.31. The van der Waals surface area contributed by atoms with Crippen LogP contribution >= 0.6 is 12.4 Å². The Balaban J connectivity index is 0.00000210. The van der Waals surface area contributed by atoms with Crippen molar-refractivity contribution in [3.05, 3.63) is 35.6 Å². The molecule has 0 radical (unpaired) electrons. The number of carbonyl (C=O) groups is 1. The molecule has 2 saturated heterocycles. The Labute approximate surface area is 166 Å². The molecule has 0 saturated carbocycles. The van der Waals surface area contributed by atoms with E-state index < -0.39 is 0 Å². The number of rotatable bonds is 4. The maximum atomic E-state index is 13.3. The molecule has 2 atom stereocenters. The van der Waals surface area contributed by atoms with Crippen LogP contribution in [0.25, 0.3) is 11.0 Å². The topological polar surface area (TPSA) is 54.7 Å². The first kappa shape index (κ1) is 20.2. The second-order valence-electron chi connectivity index (χ2n) is 7.81. The van der Waals surface area contributed by atoms with E-state index in [1.807, 2.05) is 43.0 Å². The van der Waals surface area contributed by atoms with Gasteiger partial charge >= 0.3 is 0 Å². The molecule has 0 spiro atoms. The number of carbonyl (C=O) groups excluding carboxylic acids is 1. The van der Waals surface area contributed by atoms with Crippen LogP contribution in [0.3, 0.4) is 0 Å². The van der Waals surface area contributed by atoms with E-state index in [4.69, 9.17) is 9.15 Å². The summed E-state index contributed by atoms with van der Waals surface area (Å²) in [4.78, 5) is 15.2. The second-order valence-corrected chi connectivity index (χ2v) is 7.81. The van der Waals surface area contributed by atoms with Crippen LogP contribution in [-0.4, -0.2) is 43.1 Å². The molecule has 1 aromatic carbocycles. The Morgan fingerprint density at radius 1 is 1.22 bits per heavy atom. The van der Waals surface area contributed by atoms with Gasteiger partial charge in [-0.2, -0.15) is 0 Å². The van der Waals surface area contributed by atoms with E-state index >= 15 is 0 Å². The summed E-state index contributed by atoms with van der Waals surface area (Å²) in [7, 11) is 0. The molecule has 4 rings (SSSR count). The number of para-hydroxylation sites is 1. The summed E-state index contributed by atoms with van der Waals surface area (Å²) in [5.41, 5.74) is 1.64. The molecule has 3 heterocycles. The normalized spacial score (nSPS) is 22.6. The first-order valence-electron chi connectivity index (χ1n) is 9.75. The van der Waals surface area contributed by atoms with Crippen LogP contribution in [0.15, 0.2) is 28.7 Å². The van der Waals surface area contributed by atoms with Crippen LogP contribution in [0.2, 0.25) is 0 Å². The summed E-state index contributed by atoms with van der Waals surface area (Å²) in [6.07, 6.45) is 2.25. The predicted molar refractivity (Wildman–Crippen MR) is 108 cm³/mol. The maximum Gasteiger partial charge on any atom is 0.289 e. The van der Waals surface area contributed by atoms with Gasteiger partial charge in [-0.15, -0.1) is 12.4 Å². The Bertz CT molecular complexity index is 775. The molecule has 148 valence electrons. The lowest BCUT2D eigenvalue weighted by Gasteiger charge is -2.20. The molecule has 0 bridgehead atoms. The predicted octanol–water partition coefficient (Wildman–Crippen LogP) is 3.85. The Kier molecular flexibility index (Phi) is 6.45. The number of amides is 1. The second kappa shape index (κ2) is 8.63. The lowest BCUT2D eigenvalue weighted by Crippen LogP contribution is -2.33. The molecule has 0 aliphatic carbocycles. The van der Waals surface area contributed by atoms with E-state index in [2.05, 4.69) is 5.32 Å². The number of nitrogens with zero attached hydrogens (tertiary/aromatic N) is 1. The van der Waals surface area contributed by atoms with Crippen LogP contribution in [0, 0.1) is 11.8 Å². The molecule has 1 N–H and O–H groups in total. The zero-order valence-corrected chi connectivity index (χ0v) is 16.9. The molecular formula is C21H29ClN2O3. The highest BCUT2D eigenvalue weighted by molar-refractivity contribution is 5.99. The third kappa shape index (κ3) is 4.15. The zero-order valence-electron chi connectivity index (χ0n) is 16.1. The molecule has 2 aliphatic heterocycles. The summed E-state index contributed by atoms with van der Waals surface area (Å²) in [5.74, 6) is 1.87. The third-order valence-corrected chi connectivity index (χ3v) is 5.76. The van der Waals surface area contributed by atoms with Crippen LogP contribution in [-0.2, 0) is 11.3 Å². The highest BCUT2D eigenvalue weighted by atomic mass is 35.5. The number of halogens is 1. The van der Waals surface area contributed by atoms with Crippen LogP contribution in [0.4, 0.5) is 0 Å². The molecular weight excluding hydrogens is 364 g/mol. The fourth-order valence-electron chi connectivity index (χ4n) is 4.23. The van der Waals surface area contributed by atoms with Crippen molar-refractivity contribution in [2.24, 2.45) is 11.8 Å². The van der Waals surface area contributed by atoms with Crippen molar-refractivity contribution in [3.63, 3.8) is 0 Å². The van der Waals surface area contributed by atoms with Gasteiger partial charge < -0.3 is 19.4 Å². The minimum atomic E-state index is 0. The van der Waals surface area contributed by atoms with E-state index in [1.165, 1.54) is 0 Å². The van der Waals surface area contributed by atoms with Crippen molar-refractivity contribution < 1.29 is 13.9 Å². The van der Waals surface area contributed by atoms with Gasteiger partial charge in [-0.1, -0.05) is 18.2 Å². The van der Waals surface area contributed by atoms with Gasteiger partial charge in [-0.3, -0.25) is 4.79 Å². The number of fused-ring (bicyclic) bond motifs is 2. The van der Waals surface area contributed by atoms with Crippen LogP contribution in [0.5, 0.6) is 0 Å². The van der Waals surface area contributed by atoms with E-state index in [0.717, 1.165) is 55.6 Å². The smallest absolute Gasteiger partial charge is 0.289 e. The van der Waals surface area contributed by atoms with Crippen molar-refractivity contribution in [2.45, 2.75) is 39.4 Å². The lowest BCUT2D eigenvalue weighted by molar-refractivity contribution is 0.0612. The van der Waals surface area contributed by atoms with Crippen molar-refractivity contribution in [1.29, 1.82) is 0 Å². The molecule has 2 aromatic rings. The van der Waals surface area contributed by atoms with E-state index in [9.17, 15) is 4.79 Å². The molecule has 0 unspecified atom stereocenters. The zero-order chi connectivity index (χ0) is 18.1. The lowest BCUT2D eigenvalue weighted by atomic mass is 9.92. The number of likely N-dealkylation sites (tertiary alicyclic amines) is 1. The number of hydrogen-bond donors (Lipinski definition) is 1. The Morgan fingerprint density at radius 3 is 2.56 bits per heavy atom. The molecule has 1 aromatic heterocycles. The molecule has 1 amide bonds. The van der Waals surface area contributed by atoms with Gasteiger partial charge in [0.05, 0.1) is 12.7 Å². The maximum absolute atomic E-state index is 13.3. The van der Waals surface area contributed by atoms with Crippen molar-refractivity contribution in [2.75, 3.05) is 26.2 Å². The van der Waals surface area contributed by atoms with Gasteiger partial charge in [0.1, 0.15) is 5.58 Å².